The molecule has 0 aromatic heterocycles. The molecule has 0 atom stereocenters. The zero-order valence-corrected chi connectivity index (χ0v) is 9.06. The maximum Gasteiger partial charge on any atom is 0.0999 e. The summed E-state index contributed by atoms with van der Waals surface area (Å²) in [5.41, 5.74) is 0.00775. The van der Waals surface area contributed by atoms with Gasteiger partial charge in [-0.2, -0.15) is 0 Å². The Bertz CT molecular complexity index is 130. The minimum atomic E-state index is -0.101. The van der Waals surface area contributed by atoms with Gasteiger partial charge in [0.1, 0.15) is 0 Å². The van der Waals surface area contributed by atoms with E-state index in [1.807, 2.05) is 27.0 Å². The predicted octanol–water partition coefficient (Wildman–Crippen LogP) is 2.66. The van der Waals surface area contributed by atoms with Gasteiger partial charge in [-0.3, -0.25) is 0 Å². The summed E-state index contributed by atoms with van der Waals surface area (Å²) in [7, 11) is 0. The van der Waals surface area contributed by atoms with Gasteiger partial charge in [-0.15, -0.1) is 0 Å². The molecule has 0 aliphatic heterocycles. The first-order chi connectivity index (χ1) is 5.21. The first kappa shape index (κ1) is 11.3. The third-order valence-corrected chi connectivity index (χ3v) is 1.01. The maximum absolute atomic E-state index is 5.38. The molecule has 0 aromatic rings. The lowest BCUT2D eigenvalue weighted by molar-refractivity contribution is 0.0755. The second-order valence-electron chi connectivity index (χ2n) is 4.93. The standard InChI is InChI=1S/C10H21NO/c1-9(2,3)11-7-8-12-10(4,5)6/h7-8,11H,1-6H3/b8-7-. The molecule has 0 aliphatic carbocycles. The molecular weight excluding hydrogens is 150 g/mol. The Balaban J connectivity index is 3.66. The Kier molecular flexibility index (Phi) is 3.62. The van der Waals surface area contributed by atoms with Crippen molar-refractivity contribution < 1.29 is 4.74 Å². The lowest BCUT2D eigenvalue weighted by Crippen LogP contribution is -2.31. The van der Waals surface area contributed by atoms with E-state index in [9.17, 15) is 0 Å². The van der Waals surface area contributed by atoms with Crippen LogP contribution in [0.25, 0.3) is 0 Å². The van der Waals surface area contributed by atoms with Crippen LogP contribution in [-0.4, -0.2) is 11.1 Å². The van der Waals surface area contributed by atoms with Gasteiger partial charge in [0, 0.05) is 11.7 Å². The van der Waals surface area contributed by atoms with E-state index in [4.69, 9.17) is 4.74 Å². The van der Waals surface area contributed by atoms with Crippen LogP contribution in [0, 0.1) is 0 Å². The fraction of sp³-hybridized carbons (Fsp3) is 0.800. The Morgan fingerprint density at radius 3 is 1.83 bits per heavy atom. The average Bonchev–Trinajstić information content (AvgIpc) is 1.76. The van der Waals surface area contributed by atoms with Crippen molar-refractivity contribution in [2.45, 2.75) is 52.7 Å². The van der Waals surface area contributed by atoms with Crippen molar-refractivity contribution in [2.24, 2.45) is 0 Å². The van der Waals surface area contributed by atoms with Crippen molar-refractivity contribution in [3.8, 4) is 0 Å². The smallest absolute Gasteiger partial charge is 0.0999 e. The van der Waals surface area contributed by atoms with Gasteiger partial charge in [0.15, 0.2) is 0 Å². The summed E-state index contributed by atoms with van der Waals surface area (Å²) < 4.78 is 5.38. The summed E-state index contributed by atoms with van der Waals surface area (Å²) in [4.78, 5) is 0. The summed E-state index contributed by atoms with van der Waals surface area (Å²) >= 11 is 0. The highest BCUT2D eigenvalue weighted by atomic mass is 16.5. The molecule has 0 amide bonds. The molecule has 0 aromatic carbocycles. The zero-order chi connectivity index (χ0) is 9.83. The third-order valence-electron chi connectivity index (χ3n) is 1.01. The number of ether oxygens (including phenoxy) is 1. The van der Waals surface area contributed by atoms with E-state index in [1.165, 1.54) is 0 Å². The molecule has 12 heavy (non-hydrogen) atoms. The second-order valence-corrected chi connectivity index (χ2v) is 4.93. The Morgan fingerprint density at radius 2 is 1.50 bits per heavy atom. The van der Waals surface area contributed by atoms with Crippen molar-refractivity contribution in [2.75, 3.05) is 0 Å². The molecule has 0 aliphatic rings. The van der Waals surface area contributed by atoms with E-state index in [0.717, 1.165) is 0 Å². The molecular formula is C10H21NO. The van der Waals surface area contributed by atoms with Gasteiger partial charge < -0.3 is 10.1 Å². The van der Waals surface area contributed by atoms with E-state index >= 15 is 0 Å². The first-order valence-electron chi connectivity index (χ1n) is 4.31. The quantitative estimate of drug-likeness (QED) is 0.645. The van der Waals surface area contributed by atoms with E-state index in [1.54, 1.807) is 6.26 Å². The molecule has 0 heterocycles. The third kappa shape index (κ3) is 9.34. The number of rotatable bonds is 2. The fourth-order valence-electron chi connectivity index (χ4n) is 0.522. The van der Waals surface area contributed by atoms with Gasteiger partial charge in [0.2, 0.25) is 0 Å². The van der Waals surface area contributed by atoms with E-state index in [-0.39, 0.29) is 11.1 Å². The SMILES string of the molecule is CC(C)(C)N/C=C\OC(C)(C)C. The minimum Gasteiger partial charge on any atom is -0.494 e. The maximum atomic E-state index is 5.38. The van der Waals surface area contributed by atoms with Crippen molar-refractivity contribution >= 4 is 0 Å². The van der Waals surface area contributed by atoms with Crippen LogP contribution in [0.4, 0.5) is 0 Å². The summed E-state index contributed by atoms with van der Waals surface area (Å²) in [5.74, 6) is 0. The van der Waals surface area contributed by atoms with Crippen molar-refractivity contribution in [3.05, 3.63) is 12.5 Å². The monoisotopic (exact) mass is 171 g/mol. The molecule has 0 radical (unpaired) electrons. The zero-order valence-electron chi connectivity index (χ0n) is 9.06. The molecule has 0 spiro atoms. The van der Waals surface area contributed by atoms with Crippen LogP contribution in [0.5, 0.6) is 0 Å². The fourth-order valence-corrected chi connectivity index (χ4v) is 0.522. The van der Waals surface area contributed by atoms with Crippen LogP contribution in [0.3, 0.4) is 0 Å². The molecule has 0 unspecified atom stereocenters. The highest BCUT2D eigenvalue weighted by Crippen LogP contribution is 2.06. The number of hydrogen-bond donors (Lipinski definition) is 1. The molecule has 2 heteroatoms. The van der Waals surface area contributed by atoms with Gasteiger partial charge in [0.05, 0.1) is 11.9 Å². The lowest BCUT2D eigenvalue weighted by atomic mass is 10.1. The number of hydrogen-bond acceptors (Lipinski definition) is 2. The topological polar surface area (TPSA) is 21.3 Å². The van der Waals surface area contributed by atoms with Crippen LogP contribution in [0.2, 0.25) is 0 Å². The lowest BCUT2D eigenvalue weighted by Gasteiger charge is -2.20. The van der Waals surface area contributed by atoms with Gasteiger partial charge in [0.25, 0.3) is 0 Å². The van der Waals surface area contributed by atoms with Crippen LogP contribution in [-0.2, 0) is 4.74 Å². The molecule has 0 saturated carbocycles. The van der Waals surface area contributed by atoms with Gasteiger partial charge in [-0.25, -0.2) is 0 Å². The van der Waals surface area contributed by atoms with E-state index in [0.29, 0.717) is 0 Å². The molecule has 0 saturated heterocycles. The van der Waals surface area contributed by atoms with Crippen molar-refractivity contribution in [1.29, 1.82) is 0 Å². The van der Waals surface area contributed by atoms with Crippen molar-refractivity contribution in [3.63, 3.8) is 0 Å². The average molecular weight is 171 g/mol. The van der Waals surface area contributed by atoms with Crippen LogP contribution < -0.4 is 5.32 Å². The van der Waals surface area contributed by atoms with Crippen LogP contribution in [0.15, 0.2) is 12.5 Å². The molecule has 72 valence electrons. The molecule has 2 nitrogen and oxygen atoms in total. The van der Waals surface area contributed by atoms with E-state index < -0.39 is 0 Å². The highest BCUT2D eigenvalue weighted by molar-refractivity contribution is 4.82. The summed E-state index contributed by atoms with van der Waals surface area (Å²) in [6.07, 6.45) is 3.54. The van der Waals surface area contributed by atoms with Crippen LogP contribution in [0.1, 0.15) is 41.5 Å². The summed E-state index contributed by atoms with van der Waals surface area (Å²) in [6.45, 7) is 12.4. The van der Waals surface area contributed by atoms with Gasteiger partial charge in [-0.1, -0.05) is 0 Å². The van der Waals surface area contributed by atoms with Crippen molar-refractivity contribution in [1.82, 2.24) is 5.32 Å². The number of nitrogens with one attached hydrogen (secondary N) is 1. The Labute approximate surface area is 76.0 Å². The predicted molar refractivity (Wildman–Crippen MR) is 52.9 cm³/mol. The second kappa shape index (κ2) is 3.83. The largest absolute Gasteiger partial charge is 0.494 e. The molecule has 1 N–H and O–H groups in total. The Hall–Kier alpha value is -0.660. The summed E-state index contributed by atoms with van der Waals surface area (Å²) in [5, 5.41) is 3.19. The highest BCUT2D eigenvalue weighted by Gasteiger charge is 2.08. The first-order valence-corrected chi connectivity index (χ1v) is 4.31. The molecule has 0 rings (SSSR count). The normalized spacial score (nSPS) is 13.5. The summed E-state index contributed by atoms with van der Waals surface area (Å²) in [6, 6.07) is 0. The molecule has 0 bridgehead atoms. The Morgan fingerprint density at radius 1 is 1.00 bits per heavy atom. The van der Waals surface area contributed by atoms with E-state index in [2.05, 4.69) is 26.1 Å². The minimum absolute atomic E-state index is 0.101. The molecule has 0 fully saturated rings. The van der Waals surface area contributed by atoms with Gasteiger partial charge in [-0.05, 0) is 41.5 Å². The van der Waals surface area contributed by atoms with Gasteiger partial charge >= 0.3 is 0 Å². The van der Waals surface area contributed by atoms with Crippen LogP contribution >= 0.6 is 0 Å².